The number of aryl methyl sites for hydroxylation is 2. The smallest absolute Gasteiger partial charge is 0.308 e. The molecule has 270 valence electrons. The van der Waals surface area contributed by atoms with Gasteiger partial charge in [0, 0.05) is 12.3 Å². The highest BCUT2D eigenvalue weighted by Crippen LogP contribution is 2.50. The second kappa shape index (κ2) is 15.0. The first-order chi connectivity index (χ1) is 24.2. The molecule has 4 aliphatic rings. The minimum Gasteiger partial charge on any atom is -0.513 e. The maximum Gasteiger partial charge on any atom is 0.308 e. The number of methoxy groups -OCH3 is 1. The fraction of sp³-hybridized carbons (Fsp3) is 0.479. The number of carbonyl (C=O) groups excluding carboxylic acids is 1. The van der Waals surface area contributed by atoms with Crippen LogP contribution in [0.5, 0.6) is 0 Å². The Bertz CT molecular complexity index is 1830. The lowest BCUT2D eigenvalue weighted by atomic mass is 9.72. The van der Waals surface area contributed by atoms with E-state index < -0.39 is 0 Å². The van der Waals surface area contributed by atoms with Crippen molar-refractivity contribution in [1.29, 1.82) is 0 Å². The molecule has 0 amide bonds. The number of benzene rings is 3. The lowest BCUT2D eigenvalue weighted by Crippen LogP contribution is -2.22. The summed E-state index contributed by atoms with van der Waals surface area (Å²) >= 11 is 0. The van der Waals surface area contributed by atoms with Crippen molar-refractivity contribution in [2.45, 2.75) is 112 Å². The van der Waals surface area contributed by atoms with Crippen molar-refractivity contribution in [2.75, 3.05) is 7.11 Å². The lowest BCUT2D eigenvalue weighted by Gasteiger charge is -2.33. The highest BCUT2D eigenvalue weighted by Gasteiger charge is 2.38. The summed E-state index contributed by atoms with van der Waals surface area (Å²) in [6.07, 6.45) is 14.5. The average Bonchev–Trinajstić information content (AvgIpc) is 3.82. The predicted molar refractivity (Wildman–Crippen MR) is 215 cm³/mol. The van der Waals surface area contributed by atoms with Crippen LogP contribution >= 0.6 is 0 Å². The third-order valence-corrected chi connectivity index (χ3v) is 11.8. The molecule has 51 heavy (non-hydrogen) atoms. The van der Waals surface area contributed by atoms with Crippen LogP contribution in [0.4, 0.5) is 0 Å². The second-order valence-corrected chi connectivity index (χ2v) is 17.7. The molecule has 3 heteroatoms. The number of esters is 1. The number of hydrogen-bond acceptors (Lipinski definition) is 3. The SMILES string of the molecule is C=C(O)Cc1c(C)cc2c(c1-c1ccc(C)cc1)CC(c1ccc3c(c1)C(C1CCC([C@@H]4CCC(C(=O)OC)C4)CC1)=CC3C)=C2.CC(C)(C)C. The van der Waals surface area contributed by atoms with Crippen LogP contribution in [0.15, 0.2) is 66.9 Å². The zero-order valence-electron chi connectivity index (χ0n) is 32.5. The van der Waals surface area contributed by atoms with Crippen molar-refractivity contribution in [1.82, 2.24) is 0 Å². The highest BCUT2D eigenvalue weighted by molar-refractivity contribution is 5.94. The van der Waals surface area contributed by atoms with E-state index in [1.807, 2.05) is 0 Å². The summed E-state index contributed by atoms with van der Waals surface area (Å²) in [5.74, 6) is 2.81. The average molecular weight is 685 g/mol. The van der Waals surface area contributed by atoms with E-state index in [-0.39, 0.29) is 17.6 Å². The second-order valence-electron chi connectivity index (χ2n) is 17.7. The first kappa shape index (κ1) is 36.9. The Morgan fingerprint density at radius 3 is 2.20 bits per heavy atom. The molecule has 0 spiro atoms. The van der Waals surface area contributed by atoms with Crippen molar-refractivity contribution in [3.8, 4) is 11.1 Å². The van der Waals surface area contributed by atoms with Crippen LogP contribution in [0.3, 0.4) is 0 Å². The molecule has 0 radical (unpaired) electrons. The van der Waals surface area contributed by atoms with Crippen molar-refractivity contribution in [3.05, 3.63) is 111 Å². The van der Waals surface area contributed by atoms with Crippen molar-refractivity contribution in [3.63, 3.8) is 0 Å². The van der Waals surface area contributed by atoms with Gasteiger partial charge in [-0.3, -0.25) is 4.79 Å². The normalized spacial score (nSPS) is 23.8. The fourth-order valence-electron chi connectivity index (χ4n) is 9.30. The molecule has 0 heterocycles. The van der Waals surface area contributed by atoms with Gasteiger partial charge in [0.2, 0.25) is 0 Å². The summed E-state index contributed by atoms with van der Waals surface area (Å²) in [7, 11) is 1.53. The molecule has 2 unspecified atom stereocenters. The van der Waals surface area contributed by atoms with Gasteiger partial charge in [0.25, 0.3) is 0 Å². The van der Waals surface area contributed by atoms with Gasteiger partial charge >= 0.3 is 5.97 Å². The third kappa shape index (κ3) is 8.29. The number of hydrogen-bond donors (Lipinski definition) is 1. The molecule has 2 fully saturated rings. The topological polar surface area (TPSA) is 46.5 Å². The molecule has 3 aromatic carbocycles. The lowest BCUT2D eigenvalue weighted by molar-refractivity contribution is -0.145. The monoisotopic (exact) mass is 684 g/mol. The van der Waals surface area contributed by atoms with Crippen LogP contribution < -0.4 is 0 Å². The number of carbonyl (C=O) groups is 1. The Morgan fingerprint density at radius 2 is 1.55 bits per heavy atom. The van der Waals surface area contributed by atoms with Crippen molar-refractivity contribution >= 4 is 23.2 Å². The van der Waals surface area contributed by atoms with Crippen LogP contribution in [-0.4, -0.2) is 18.2 Å². The highest BCUT2D eigenvalue weighted by atomic mass is 16.5. The molecule has 7 rings (SSSR count). The van der Waals surface area contributed by atoms with Gasteiger partial charge in [-0.1, -0.05) is 101 Å². The number of aliphatic hydroxyl groups is 1. The molecule has 0 bridgehead atoms. The number of fused-ring (bicyclic) bond motifs is 2. The minimum atomic E-state index is -0.00724. The Labute approximate surface area is 307 Å². The maximum absolute atomic E-state index is 12.1. The van der Waals surface area contributed by atoms with E-state index in [0.717, 1.165) is 25.2 Å². The summed E-state index contributed by atoms with van der Waals surface area (Å²) in [6.45, 7) is 19.2. The van der Waals surface area contributed by atoms with E-state index in [9.17, 15) is 9.90 Å². The summed E-state index contributed by atoms with van der Waals surface area (Å²) in [6, 6.07) is 18.3. The first-order valence-corrected chi connectivity index (χ1v) is 19.4. The third-order valence-electron chi connectivity index (χ3n) is 11.8. The van der Waals surface area contributed by atoms with Gasteiger partial charge in [-0.25, -0.2) is 0 Å². The largest absolute Gasteiger partial charge is 0.513 e. The molecule has 3 aromatic rings. The van der Waals surface area contributed by atoms with Crippen LogP contribution in [0.25, 0.3) is 28.3 Å². The number of ether oxygens (including phenoxy) is 1. The molecule has 0 aliphatic heterocycles. The minimum absolute atomic E-state index is 0.00724. The Balaban J connectivity index is 0.000000839. The summed E-state index contributed by atoms with van der Waals surface area (Å²) < 4.78 is 5.05. The summed E-state index contributed by atoms with van der Waals surface area (Å²) in [5.41, 5.74) is 16.4. The van der Waals surface area contributed by atoms with Gasteiger partial charge in [0.1, 0.15) is 0 Å². The van der Waals surface area contributed by atoms with Crippen molar-refractivity contribution in [2.24, 2.45) is 29.1 Å². The molecule has 2 saturated carbocycles. The summed E-state index contributed by atoms with van der Waals surface area (Å²) in [5, 5.41) is 10.2. The zero-order valence-corrected chi connectivity index (χ0v) is 32.5. The standard InChI is InChI=1S/C43H48O3.C5H12/c1-25-6-8-31(9-7-25)42-38(20-28(4)44)26(2)18-36-22-35(24-40(36)42)33-16-17-37-27(3)19-39(41(37)23-33)30-12-10-29(11-13-30)32-14-15-34(21-32)43(45)46-5;1-5(2,3)4/h6-9,16-19,22-23,27,29-30,32,34,44H,4,10-15,20-21,24H2,1-3,5H3;1-4H3/t27?,29?,30?,32-,34?;/m1./s1. The van der Waals surface area contributed by atoms with Gasteiger partial charge in [-0.2, -0.15) is 0 Å². The van der Waals surface area contributed by atoms with Crippen LogP contribution in [-0.2, 0) is 22.4 Å². The van der Waals surface area contributed by atoms with Crippen LogP contribution in [0.1, 0.15) is 130 Å². The molecule has 4 aliphatic carbocycles. The number of rotatable bonds is 7. The van der Waals surface area contributed by atoms with Gasteiger partial charge in [-0.05, 0) is 156 Å². The molecular weight excluding hydrogens is 625 g/mol. The van der Waals surface area contributed by atoms with Crippen molar-refractivity contribution < 1.29 is 14.6 Å². The fourth-order valence-corrected chi connectivity index (χ4v) is 9.30. The molecule has 3 atom stereocenters. The number of allylic oxidation sites excluding steroid dienone is 4. The van der Waals surface area contributed by atoms with E-state index in [0.29, 0.717) is 29.6 Å². The Morgan fingerprint density at radius 1 is 0.902 bits per heavy atom. The quantitative estimate of drug-likeness (QED) is 0.199. The van der Waals surface area contributed by atoms with Gasteiger partial charge in [0.05, 0.1) is 18.8 Å². The molecule has 1 N–H and O–H groups in total. The van der Waals surface area contributed by atoms with Gasteiger partial charge < -0.3 is 9.84 Å². The van der Waals surface area contributed by atoms with Gasteiger partial charge in [-0.15, -0.1) is 0 Å². The van der Waals surface area contributed by atoms with E-state index in [2.05, 4.69) is 116 Å². The predicted octanol–water partition coefficient (Wildman–Crippen LogP) is 12.6. The Kier molecular flexibility index (Phi) is 10.9. The molecule has 0 aromatic heterocycles. The van der Waals surface area contributed by atoms with E-state index in [1.54, 1.807) is 5.57 Å². The van der Waals surface area contributed by atoms with Gasteiger partial charge in [0.15, 0.2) is 0 Å². The maximum atomic E-state index is 12.1. The van der Waals surface area contributed by atoms with E-state index >= 15 is 0 Å². The number of aliphatic hydroxyl groups excluding tert-OH is 1. The van der Waals surface area contributed by atoms with E-state index in [1.165, 1.54) is 100 Å². The molecule has 0 saturated heterocycles. The first-order valence-electron chi connectivity index (χ1n) is 19.4. The van der Waals surface area contributed by atoms with Crippen LogP contribution in [0, 0.1) is 42.9 Å². The van der Waals surface area contributed by atoms with E-state index in [4.69, 9.17) is 4.74 Å². The zero-order chi connectivity index (χ0) is 36.6. The van der Waals surface area contributed by atoms with Crippen LogP contribution in [0.2, 0.25) is 0 Å². The molecular formula is C48H60O3. The Hall–Kier alpha value is -3.85. The molecule has 3 nitrogen and oxygen atoms in total. The summed E-state index contributed by atoms with van der Waals surface area (Å²) in [4.78, 5) is 12.1.